The summed E-state index contributed by atoms with van der Waals surface area (Å²) in [5.74, 6) is -0.830. The van der Waals surface area contributed by atoms with Crippen molar-refractivity contribution in [1.82, 2.24) is 0 Å². The molecule has 0 aliphatic carbocycles. The lowest BCUT2D eigenvalue weighted by molar-refractivity contribution is -0.142. The summed E-state index contributed by atoms with van der Waals surface area (Å²) in [5.41, 5.74) is 1.62. The number of nitrogens with one attached hydrogen (secondary N) is 1. The van der Waals surface area contributed by atoms with Gasteiger partial charge < -0.3 is 19.5 Å². The number of esters is 1. The summed E-state index contributed by atoms with van der Waals surface area (Å²) in [6, 6.07) is 5.14. The zero-order chi connectivity index (χ0) is 14.5. The number of hydrogen-bond acceptors (Lipinski definition) is 5. The van der Waals surface area contributed by atoms with E-state index >= 15 is 0 Å². The van der Waals surface area contributed by atoms with Gasteiger partial charge in [-0.15, -0.1) is 0 Å². The number of aryl methyl sites for hydroxylation is 1. The van der Waals surface area contributed by atoms with E-state index in [0.29, 0.717) is 24.5 Å². The highest BCUT2D eigenvalue weighted by Gasteiger charge is 2.24. The summed E-state index contributed by atoms with van der Waals surface area (Å²) >= 11 is 0. The molecule has 20 heavy (non-hydrogen) atoms. The van der Waals surface area contributed by atoms with Crippen LogP contribution < -0.4 is 5.32 Å². The Morgan fingerprint density at radius 3 is 2.80 bits per heavy atom. The smallest absolute Gasteiger partial charge is 0.339 e. The Balaban J connectivity index is 2.15. The number of amides is 1. The fourth-order valence-corrected chi connectivity index (χ4v) is 1.90. The molecule has 1 heterocycles. The molecule has 1 unspecified atom stereocenters. The molecule has 1 aliphatic rings. The van der Waals surface area contributed by atoms with Crippen LogP contribution in [0, 0.1) is 6.92 Å². The number of anilines is 1. The maximum Gasteiger partial charge on any atom is 0.339 e. The number of hydrogen-bond donors (Lipinski definition) is 1. The third-order valence-corrected chi connectivity index (χ3v) is 2.95. The van der Waals surface area contributed by atoms with Crippen molar-refractivity contribution in [3.63, 3.8) is 0 Å². The molecule has 108 valence electrons. The number of ether oxygens (including phenoxy) is 3. The van der Waals surface area contributed by atoms with Gasteiger partial charge in [-0.3, -0.25) is 4.79 Å². The lowest BCUT2D eigenvalue weighted by Crippen LogP contribution is -2.39. The topological polar surface area (TPSA) is 73.9 Å². The molecule has 0 aromatic heterocycles. The zero-order valence-electron chi connectivity index (χ0n) is 11.5. The second-order valence-corrected chi connectivity index (χ2v) is 4.46. The predicted molar refractivity (Wildman–Crippen MR) is 71.7 cm³/mol. The van der Waals surface area contributed by atoms with Crippen LogP contribution in [0.2, 0.25) is 0 Å². The van der Waals surface area contributed by atoms with E-state index in [1.165, 1.54) is 7.11 Å². The van der Waals surface area contributed by atoms with Crippen molar-refractivity contribution >= 4 is 17.6 Å². The van der Waals surface area contributed by atoms with Crippen molar-refractivity contribution in [2.45, 2.75) is 13.0 Å². The molecule has 0 radical (unpaired) electrons. The average Bonchev–Trinajstić information content (AvgIpc) is 2.49. The standard InChI is InChI=1S/C14H17NO5/c1-9-3-4-11(10(7-9)14(17)18-2)15-13(16)12-8-19-5-6-20-12/h3-4,7,12H,5-6,8H2,1-2H3,(H,15,16). The molecule has 1 aliphatic heterocycles. The average molecular weight is 279 g/mol. The second kappa shape index (κ2) is 6.49. The van der Waals surface area contributed by atoms with E-state index < -0.39 is 12.1 Å². The predicted octanol–water partition coefficient (Wildman–Crippen LogP) is 1.14. The molecular formula is C14H17NO5. The van der Waals surface area contributed by atoms with Crippen LogP contribution in [0.4, 0.5) is 5.69 Å². The number of carbonyl (C=O) groups excluding carboxylic acids is 2. The van der Waals surface area contributed by atoms with Crippen molar-refractivity contribution in [2.24, 2.45) is 0 Å². The van der Waals surface area contributed by atoms with E-state index in [2.05, 4.69) is 5.32 Å². The molecule has 1 amide bonds. The molecule has 1 saturated heterocycles. The molecule has 1 N–H and O–H groups in total. The number of benzene rings is 1. The van der Waals surface area contributed by atoms with Crippen molar-refractivity contribution in [3.8, 4) is 0 Å². The summed E-state index contributed by atoms with van der Waals surface area (Å²) in [5, 5.41) is 2.68. The minimum absolute atomic E-state index is 0.214. The molecule has 1 atom stereocenters. The molecule has 2 rings (SSSR count). The quantitative estimate of drug-likeness (QED) is 0.840. The van der Waals surface area contributed by atoms with Crippen LogP contribution in [-0.2, 0) is 19.0 Å². The first kappa shape index (κ1) is 14.5. The molecule has 6 nitrogen and oxygen atoms in total. The van der Waals surface area contributed by atoms with Gasteiger partial charge in [0.25, 0.3) is 5.91 Å². The third kappa shape index (κ3) is 3.34. The first-order chi connectivity index (χ1) is 9.61. The van der Waals surface area contributed by atoms with Crippen molar-refractivity contribution in [3.05, 3.63) is 29.3 Å². The highest BCUT2D eigenvalue weighted by atomic mass is 16.6. The van der Waals surface area contributed by atoms with Gasteiger partial charge in [0.15, 0.2) is 6.10 Å². The monoisotopic (exact) mass is 279 g/mol. The maximum absolute atomic E-state index is 12.0. The van der Waals surface area contributed by atoms with Crippen LogP contribution in [0.1, 0.15) is 15.9 Å². The molecule has 0 saturated carbocycles. The van der Waals surface area contributed by atoms with Crippen LogP contribution >= 0.6 is 0 Å². The minimum atomic E-state index is -0.657. The van der Waals surface area contributed by atoms with Gasteiger partial charge in [-0.2, -0.15) is 0 Å². The SMILES string of the molecule is COC(=O)c1cc(C)ccc1NC(=O)C1COCCO1. The Bertz CT molecular complexity index is 508. The van der Waals surface area contributed by atoms with E-state index in [-0.39, 0.29) is 12.5 Å². The molecule has 1 aromatic rings. The summed E-state index contributed by atoms with van der Waals surface area (Å²) in [4.78, 5) is 23.8. The molecule has 0 bridgehead atoms. The van der Waals surface area contributed by atoms with E-state index in [1.54, 1.807) is 18.2 Å². The summed E-state index contributed by atoms with van der Waals surface area (Å²) in [7, 11) is 1.30. The van der Waals surface area contributed by atoms with Gasteiger partial charge in [-0.05, 0) is 19.1 Å². The van der Waals surface area contributed by atoms with Crippen LogP contribution in [-0.4, -0.2) is 44.9 Å². The zero-order valence-corrected chi connectivity index (χ0v) is 11.5. The highest BCUT2D eigenvalue weighted by Crippen LogP contribution is 2.19. The summed E-state index contributed by atoms with van der Waals surface area (Å²) in [6.45, 7) is 2.94. The first-order valence-electron chi connectivity index (χ1n) is 6.31. The molecule has 1 aromatic carbocycles. The van der Waals surface area contributed by atoms with Gasteiger partial charge in [-0.1, -0.05) is 11.6 Å². The van der Waals surface area contributed by atoms with Gasteiger partial charge in [0.2, 0.25) is 0 Å². The first-order valence-corrected chi connectivity index (χ1v) is 6.31. The fourth-order valence-electron chi connectivity index (χ4n) is 1.90. The Morgan fingerprint density at radius 2 is 2.15 bits per heavy atom. The van der Waals surface area contributed by atoms with Crippen molar-refractivity contribution in [1.29, 1.82) is 0 Å². The summed E-state index contributed by atoms with van der Waals surface area (Å²) < 4.78 is 15.2. The van der Waals surface area contributed by atoms with E-state index in [1.807, 2.05) is 6.92 Å². The van der Waals surface area contributed by atoms with Crippen LogP contribution in [0.5, 0.6) is 0 Å². The molecule has 0 spiro atoms. The Hall–Kier alpha value is -1.92. The second-order valence-electron chi connectivity index (χ2n) is 4.46. The Morgan fingerprint density at radius 1 is 1.35 bits per heavy atom. The Kier molecular flexibility index (Phi) is 4.70. The van der Waals surface area contributed by atoms with Crippen molar-refractivity contribution in [2.75, 3.05) is 32.2 Å². The van der Waals surface area contributed by atoms with E-state index in [0.717, 1.165) is 5.56 Å². The van der Waals surface area contributed by atoms with Gasteiger partial charge in [0.1, 0.15) is 0 Å². The largest absolute Gasteiger partial charge is 0.465 e. The molecular weight excluding hydrogens is 262 g/mol. The fraction of sp³-hybridized carbons (Fsp3) is 0.429. The van der Waals surface area contributed by atoms with Crippen molar-refractivity contribution < 1.29 is 23.8 Å². The number of carbonyl (C=O) groups is 2. The molecule has 6 heteroatoms. The van der Waals surface area contributed by atoms with Gasteiger partial charge >= 0.3 is 5.97 Å². The highest BCUT2D eigenvalue weighted by molar-refractivity contribution is 6.02. The van der Waals surface area contributed by atoms with Gasteiger partial charge in [-0.25, -0.2) is 4.79 Å². The third-order valence-electron chi connectivity index (χ3n) is 2.95. The van der Waals surface area contributed by atoms with Gasteiger partial charge in [0.05, 0.1) is 38.2 Å². The number of methoxy groups -OCH3 is 1. The molecule has 1 fully saturated rings. The van der Waals surface area contributed by atoms with E-state index in [9.17, 15) is 9.59 Å². The number of rotatable bonds is 3. The lowest BCUT2D eigenvalue weighted by atomic mass is 10.1. The summed E-state index contributed by atoms with van der Waals surface area (Å²) in [6.07, 6.45) is -0.657. The maximum atomic E-state index is 12.0. The van der Waals surface area contributed by atoms with Gasteiger partial charge in [0, 0.05) is 0 Å². The minimum Gasteiger partial charge on any atom is -0.465 e. The Labute approximate surface area is 117 Å². The normalized spacial score (nSPS) is 18.4. The van der Waals surface area contributed by atoms with E-state index in [4.69, 9.17) is 14.2 Å². The van der Waals surface area contributed by atoms with Crippen LogP contribution in [0.3, 0.4) is 0 Å². The van der Waals surface area contributed by atoms with Crippen LogP contribution in [0.25, 0.3) is 0 Å². The van der Waals surface area contributed by atoms with Crippen LogP contribution in [0.15, 0.2) is 18.2 Å². The lowest BCUT2D eigenvalue weighted by Gasteiger charge is -2.22.